The number of hydrogen-bond acceptors (Lipinski definition) is 12. The van der Waals surface area contributed by atoms with Gasteiger partial charge in [-0.3, -0.25) is 19.3 Å². The van der Waals surface area contributed by atoms with Gasteiger partial charge in [0.1, 0.15) is 49.3 Å². The Balaban J connectivity index is 0.812. The van der Waals surface area contributed by atoms with Crippen LogP contribution in [0.3, 0.4) is 0 Å². The molecule has 0 spiro atoms. The predicted molar refractivity (Wildman–Crippen MR) is 258 cm³/mol. The summed E-state index contributed by atoms with van der Waals surface area (Å²) in [7, 11) is 0. The second kappa shape index (κ2) is 23.4. The van der Waals surface area contributed by atoms with Crippen LogP contribution in [-0.2, 0) is 41.6 Å². The zero-order valence-electron chi connectivity index (χ0n) is 40.4. The number of para-hydroxylation sites is 1. The number of thiazole rings is 1. The lowest BCUT2D eigenvalue weighted by Crippen LogP contribution is -2.58. The number of ether oxygens (including phenoxy) is 4. The molecule has 2 aliphatic heterocycles. The number of carbonyl (C=O) groups is 3. The van der Waals surface area contributed by atoms with E-state index < -0.39 is 89.7 Å². The van der Waals surface area contributed by atoms with E-state index in [1.165, 1.54) is 9.80 Å². The topological polar surface area (TPSA) is 188 Å². The number of aliphatic hydroxyl groups excluding tert-OH is 2. The quantitative estimate of drug-likeness (QED) is 0.0400. The van der Waals surface area contributed by atoms with Crippen molar-refractivity contribution in [2.45, 2.75) is 90.2 Å². The number of aromatic amines is 1. The summed E-state index contributed by atoms with van der Waals surface area (Å²) < 4.78 is 83.3. The van der Waals surface area contributed by atoms with E-state index in [9.17, 15) is 33.4 Å². The molecular formula is C51H62F4N6O9S. The van der Waals surface area contributed by atoms with Gasteiger partial charge in [0, 0.05) is 59.8 Å². The van der Waals surface area contributed by atoms with Crippen molar-refractivity contribution in [3.63, 3.8) is 0 Å². The number of aliphatic hydroxyl groups is 2. The molecule has 2 aromatic heterocycles. The molecule has 3 amide bonds. The van der Waals surface area contributed by atoms with Crippen LogP contribution in [0.15, 0.2) is 66.2 Å². The molecule has 0 bridgehead atoms. The smallest absolute Gasteiger partial charge is 0.283 e. The minimum atomic E-state index is -3.52. The molecule has 0 radical (unpaired) electrons. The summed E-state index contributed by atoms with van der Waals surface area (Å²) in [5.74, 6) is -7.04. The fourth-order valence-corrected chi connectivity index (χ4v) is 9.90. The van der Waals surface area contributed by atoms with Crippen LogP contribution in [-0.4, -0.2) is 144 Å². The maximum absolute atomic E-state index is 15.9. The lowest BCUT2D eigenvalue weighted by Gasteiger charge is -2.42. The zero-order chi connectivity index (χ0) is 51.0. The number of H-pyrrole nitrogens is 1. The number of aromatic nitrogens is 2. The number of amides is 3. The molecular weight excluding hydrogens is 949 g/mol. The number of hydrogen-bond donors (Lipinski definition) is 5. The van der Waals surface area contributed by atoms with E-state index in [1.807, 2.05) is 49.4 Å². The van der Waals surface area contributed by atoms with Gasteiger partial charge in [0.2, 0.25) is 17.7 Å². The number of fused-ring (bicyclic) bond motifs is 3. The highest BCUT2D eigenvalue weighted by atomic mass is 32.1. The van der Waals surface area contributed by atoms with Crippen molar-refractivity contribution in [2.75, 3.05) is 65.9 Å². The molecule has 0 saturated carbocycles. The first-order chi connectivity index (χ1) is 33.8. The predicted octanol–water partition coefficient (Wildman–Crippen LogP) is 6.08. The summed E-state index contributed by atoms with van der Waals surface area (Å²) in [4.78, 5) is 51.6. The van der Waals surface area contributed by atoms with E-state index >= 15 is 8.78 Å². The van der Waals surface area contributed by atoms with Crippen molar-refractivity contribution in [3.05, 3.63) is 106 Å². The van der Waals surface area contributed by atoms with Crippen molar-refractivity contribution >= 4 is 40.0 Å². The molecule has 0 unspecified atom stereocenters. The summed E-state index contributed by atoms with van der Waals surface area (Å²) in [6, 6.07) is 13.4. The van der Waals surface area contributed by atoms with Gasteiger partial charge in [0.15, 0.2) is 0 Å². The Morgan fingerprint density at radius 3 is 2.27 bits per heavy atom. The van der Waals surface area contributed by atoms with Crippen molar-refractivity contribution in [2.24, 2.45) is 5.41 Å². The van der Waals surface area contributed by atoms with E-state index in [4.69, 9.17) is 18.9 Å². The number of nitrogens with zero attached hydrogens (tertiary/aromatic N) is 3. The summed E-state index contributed by atoms with van der Waals surface area (Å²) >= 11 is 1.55. The number of nitrogens with one attached hydrogen (secondary N) is 3. The highest BCUT2D eigenvalue weighted by molar-refractivity contribution is 7.13. The van der Waals surface area contributed by atoms with Crippen LogP contribution in [0.25, 0.3) is 21.3 Å². The van der Waals surface area contributed by atoms with Crippen molar-refractivity contribution in [1.82, 2.24) is 30.4 Å². The molecule has 0 aliphatic carbocycles. The number of rotatable bonds is 22. The number of aryl methyl sites for hydroxylation is 1. The van der Waals surface area contributed by atoms with Crippen LogP contribution in [0.4, 0.5) is 17.6 Å². The molecule has 1 saturated heterocycles. The van der Waals surface area contributed by atoms with Gasteiger partial charge in [0.05, 0.1) is 67.8 Å². The van der Waals surface area contributed by atoms with E-state index in [1.54, 1.807) is 50.6 Å². The first-order valence-electron chi connectivity index (χ1n) is 23.6. The molecule has 20 heteroatoms. The summed E-state index contributed by atoms with van der Waals surface area (Å²) in [5.41, 5.74) is 5.36. The molecule has 5 N–H and O–H groups in total. The average Bonchev–Trinajstić information content (AvgIpc) is 4.05. The molecule has 3 aromatic carbocycles. The maximum Gasteiger partial charge on any atom is 0.283 e. The Kier molecular flexibility index (Phi) is 17.6. The molecule has 7 rings (SSSR count). The first kappa shape index (κ1) is 53.3. The molecule has 15 nitrogen and oxygen atoms in total. The van der Waals surface area contributed by atoms with Gasteiger partial charge in [-0.15, -0.1) is 11.3 Å². The average molecular weight is 1010 g/mol. The van der Waals surface area contributed by atoms with E-state index in [0.717, 1.165) is 44.8 Å². The second-order valence-corrected chi connectivity index (χ2v) is 19.9. The van der Waals surface area contributed by atoms with Crippen molar-refractivity contribution < 1.29 is 61.1 Å². The van der Waals surface area contributed by atoms with E-state index in [2.05, 4.69) is 20.6 Å². The molecule has 4 heterocycles. The van der Waals surface area contributed by atoms with Gasteiger partial charge in [0.25, 0.3) is 5.92 Å². The third-order valence-corrected chi connectivity index (χ3v) is 13.7. The number of carbonyl (C=O) groups excluding carboxylic acids is 3. The number of halogens is 4. The lowest BCUT2D eigenvalue weighted by atomic mass is 9.85. The van der Waals surface area contributed by atoms with Gasteiger partial charge in [-0.25, -0.2) is 22.5 Å². The molecule has 384 valence electrons. The van der Waals surface area contributed by atoms with Gasteiger partial charge in [-0.2, -0.15) is 0 Å². The summed E-state index contributed by atoms with van der Waals surface area (Å²) in [5, 5.41) is 26.4. The van der Waals surface area contributed by atoms with Crippen LogP contribution in [0, 0.1) is 24.0 Å². The monoisotopic (exact) mass is 1010 g/mol. The molecule has 1 fully saturated rings. The van der Waals surface area contributed by atoms with Gasteiger partial charge < -0.3 is 49.7 Å². The largest absolute Gasteiger partial charge is 0.491 e. The van der Waals surface area contributed by atoms with E-state index in [0.29, 0.717) is 17.6 Å². The summed E-state index contributed by atoms with van der Waals surface area (Å²) in [6.07, 6.45) is -0.498. The Bertz CT molecular complexity index is 2600. The Hall–Kier alpha value is -5.48. The fourth-order valence-electron chi connectivity index (χ4n) is 9.09. The standard InChI is InChI=1S/C51H62F4N6O9S/c1-30-20-37-36-8-6-7-9-40(36)58-44(37)45(61(30)27-51(54,55)28-62)43-38(52)22-35(23-39(43)53)70-19-18-68-15-14-67-16-17-69-26-42(64)59-47(50(3,4)5)49(66)60-25-34(63)21-41(60)48(65)56-24-32-10-12-33(13-11-32)46-31(2)57-29-71-46/h6-13,22-23,29-30,34,41,45,47,58,62-63H,14-21,24-28H2,1-5H3,(H,56,65)(H,59,64)/t30-,34-,41+,45-,47-/m1/s1. The van der Waals surface area contributed by atoms with E-state index in [-0.39, 0.29) is 71.5 Å². The van der Waals surface area contributed by atoms with Gasteiger partial charge in [-0.05, 0) is 48.4 Å². The second-order valence-electron chi connectivity index (χ2n) is 19.1. The Morgan fingerprint density at radius 2 is 1.62 bits per heavy atom. The summed E-state index contributed by atoms with van der Waals surface area (Å²) in [6.45, 7) is 6.95. The number of likely N-dealkylation sites (tertiary alicyclic amines) is 1. The number of β-amino-alcohol motifs (C(OH)–C–C–N with tert-alkyl or cyclic N) is 1. The van der Waals surface area contributed by atoms with Crippen molar-refractivity contribution in [3.8, 4) is 16.2 Å². The van der Waals surface area contributed by atoms with Crippen LogP contribution >= 0.6 is 11.3 Å². The molecule has 5 atom stereocenters. The van der Waals surface area contributed by atoms with Crippen molar-refractivity contribution in [1.29, 1.82) is 0 Å². The van der Waals surface area contributed by atoms with Gasteiger partial charge >= 0.3 is 0 Å². The number of alkyl halides is 2. The fraction of sp³-hybridized carbons (Fsp3) is 0.490. The van der Waals surface area contributed by atoms with Crippen LogP contribution < -0.4 is 15.4 Å². The third kappa shape index (κ3) is 13.1. The maximum atomic E-state index is 15.9. The highest BCUT2D eigenvalue weighted by Gasteiger charge is 2.46. The van der Waals surface area contributed by atoms with Crippen LogP contribution in [0.2, 0.25) is 0 Å². The minimum absolute atomic E-state index is 0.0479. The minimum Gasteiger partial charge on any atom is -0.491 e. The Labute approximate surface area is 413 Å². The molecule has 5 aromatic rings. The van der Waals surface area contributed by atoms with Crippen LogP contribution in [0.1, 0.15) is 68.2 Å². The first-order valence-corrected chi connectivity index (χ1v) is 24.5. The normalized spacial score (nSPS) is 18.9. The zero-order valence-corrected chi connectivity index (χ0v) is 41.3. The Morgan fingerprint density at radius 1 is 0.958 bits per heavy atom. The lowest BCUT2D eigenvalue weighted by molar-refractivity contribution is -0.144. The molecule has 71 heavy (non-hydrogen) atoms. The third-order valence-electron chi connectivity index (χ3n) is 12.7. The van der Waals surface area contributed by atoms with Crippen LogP contribution in [0.5, 0.6) is 5.75 Å². The molecule has 2 aliphatic rings. The number of benzene rings is 3. The highest BCUT2D eigenvalue weighted by Crippen LogP contribution is 2.44. The SMILES string of the molecule is Cc1ncsc1-c1ccc(CNC(=O)[C@@H]2C[C@@H](O)CN2C(=O)[C@@H](NC(=O)COCCOCCOCCOc2cc(F)c([C@@H]3c4[nH]c5ccccc5c4C[C@@H](C)N3CC(F)(F)CO)c(F)c2)C(C)(C)C)cc1. The van der Waals surface area contributed by atoms with Gasteiger partial charge in [-0.1, -0.05) is 63.2 Å².